The number of aromatic nitrogens is 5. The molecule has 0 saturated heterocycles. The fraction of sp³-hybridized carbons (Fsp3) is 0.429. The van der Waals surface area contributed by atoms with E-state index in [1.807, 2.05) is 13.8 Å². The summed E-state index contributed by atoms with van der Waals surface area (Å²) in [6.45, 7) is 9.28. The van der Waals surface area contributed by atoms with E-state index >= 15 is 0 Å². The summed E-state index contributed by atoms with van der Waals surface area (Å²) in [5.74, 6) is -0.385. The molecule has 4 rings (SSSR count). The van der Waals surface area contributed by atoms with Crippen molar-refractivity contribution in [3.63, 3.8) is 0 Å². The van der Waals surface area contributed by atoms with E-state index in [2.05, 4.69) is 25.4 Å². The number of hydrogen-bond acceptors (Lipinski definition) is 7. The molecular weight excluding hydrogens is 414 g/mol. The Labute approximate surface area is 183 Å². The van der Waals surface area contributed by atoms with Gasteiger partial charge in [-0.1, -0.05) is 0 Å². The Morgan fingerprint density at radius 1 is 1.31 bits per heavy atom. The van der Waals surface area contributed by atoms with Crippen LogP contribution in [0.2, 0.25) is 0 Å². The molecule has 4 heterocycles. The quantitative estimate of drug-likeness (QED) is 0.632. The molecule has 1 aliphatic rings. The predicted octanol–water partition coefficient (Wildman–Crippen LogP) is 1.54. The van der Waals surface area contributed by atoms with Gasteiger partial charge < -0.3 is 10.1 Å². The summed E-state index contributed by atoms with van der Waals surface area (Å²) < 4.78 is 7.08. The fourth-order valence-electron chi connectivity index (χ4n) is 3.80. The second kappa shape index (κ2) is 7.74. The lowest BCUT2D eigenvalue weighted by Gasteiger charge is -2.28. The highest BCUT2D eigenvalue weighted by Gasteiger charge is 2.41. The van der Waals surface area contributed by atoms with Gasteiger partial charge in [-0.05, 0) is 34.6 Å². The smallest absolute Gasteiger partial charge is 0.411 e. The van der Waals surface area contributed by atoms with Crippen LogP contribution in [0.25, 0.3) is 5.65 Å². The van der Waals surface area contributed by atoms with Gasteiger partial charge in [0.15, 0.2) is 5.65 Å². The van der Waals surface area contributed by atoms with E-state index in [1.54, 1.807) is 31.5 Å². The average molecular weight is 439 g/mol. The number of ether oxygens (including phenoxy) is 1. The number of H-pyrrole nitrogens is 1. The van der Waals surface area contributed by atoms with Gasteiger partial charge in [0.25, 0.3) is 5.56 Å². The Morgan fingerprint density at radius 2 is 2.06 bits per heavy atom. The lowest BCUT2D eigenvalue weighted by molar-refractivity contribution is -0.126. The van der Waals surface area contributed by atoms with Gasteiger partial charge in [-0.15, -0.1) is 0 Å². The number of aromatic amines is 1. The molecular formula is C21H25N7O4. The summed E-state index contributed by atoms with van der Waals surface area (Å²) in [6.07, 6.45) is 2.33. The van der Waals surface area contributed by atoms with Crippen molar-refractivity contribution in [3.8, 4) is 0 Å². The number of nitrogens with zero attached hydrogens (tertiary/aromatic N) is 5. The molecule has 1 aliphatic heterocycles. The van der Waals surface area contributed by atoms with Gasteiger partial charge in [-0.2, -0.15) is 0 Å². The number of amides is 2. The zero-order valence-electron chi connectivity index (χ0n) is 18.6. The standard InChI is InChI=1S/C21H25N7O4/c1-11-13(12(2)28-16(25-11)6-17(29)26-28)8-23-19(30)18-14-7-22-10-24-15(14)9-27(18)20(31)32-21(3,4)5/h6-7,10,18H,8-9H2,1-5H3,(H,23,30)(H,26,29). The van der Waals surface area contributed by atoms with Crippen LogP contribution in [0.1, 0.15) is 55.0 Å². The highest BCUT2D eigenvalue weighted by molar-refractivity contribution is 5.88. The topological polar surface area (TPSA) is 135 Å². The second-order valence-electron chi connectivity index (χ2n) is 8.73. The first kappa shape index (κ1) is 21.5. The van der Waals surface area contributed by atoms with Gasteiger partial charge in [-0.3, -0.25) is 19.6 Å². The number of carbonyl (C=O) groups is 2. The molecule has 3 aromatic heterocycles. The zero-order valence-corrected chi connectivity index (χ0v) is 18.6. The Balaban J connectivity index is 1.60. The average Bonchev–Trinajstić information content (AvgIpc) is 3.26. The molecule has 0 fully saturated rings. The van der Waals surface area contributed by atoms with E-state index in [0.717, 1.165) is 11.3 Å². The van der Waals surface area contributed by atoms with Crippen molar-refractivity contribution in [1.29, 1.82) is 0 Å². The Hall–Kier alpha value is -3.76. The molecule has 11 heteroatoms. The summed E-state index contributed by atoms with van der Waals surface area (Å²) in [6, 6.07) is 0.501. The minimum Gasteiger partial charge on any atom is -0.444 e. The van der Waals surface area contributed by atoms with Crippen molar-refractivity contribution in [1.82, 2.24) is 34.8 Å². The van der Waals surface area contributed by atoms with Crippen LogP contribution in [0, 0.1) is 13.8 Å². The molecule has 0 spiro atoms. The third-order valence-electron chi connectivity index (χ3n) is 5.27. The molecule has 1 atom stereocenters. The van der Waals surface area contributed by atoms with Crippen LogP contribution in [0.3, 0.4) is 0 Å². The number of nitrogens with one attached hydrogen (secondary N) is 2. The predicted molar refractivity (Wildman–Crippen MR) is 114 cm³/mol. The van der Waals surface area contributed by atoms with E-state index in [4.69, 9.17) is 4.74 Å². The monoisotopic (exact) mass is 439 g/mol. The number of fused-ring (bicyclic) bond motifs is 2. The number of aryl methyl sites for hydroxylation is 2. The molecule has 11 nitrogen and oxygen atoms in total. The molecule has 2 amide bonds. The molecule has 32 heavy (non-hydrogen) atoms. The van der Waals surface area contributed by atoms with Crippen LogP contribution in [0.15, 0.2) is 23.4 Å². The van der Waals surface area contributed by atoms with Gasteiger partial charge in [0, 0.05) is 41.3 Å². The Kier molecular flexibility index (Phi) is 5.19. The molecule has 0 radical (unpaired) electrons. The van der Waals surface area contributed by atoms with Crippen molar-refractivity contribution >= 4 is 17.6 Å². The highest BCUT2D eigenvalue weighted by Crippen LogP contribution is 2.33. The minimum absolute atomic E-state index is 0.154. The van der Waals surface area contributed by atoms with E-state index in [-0.39, 0.29) is 24.6 Å². The summed E-state index contributed by atoms with van der Waals surface area (Å²) in [5, 5.41) is 5.59. The molecule has 0 saturated carbocycles. The number of carbonyl (C=O) groups excluding carboxylic acids is 2. The van der Waals surface area contributed by atoms with Gasteiger partial charge in [0.2, 0.25) is 5.91 Å². The van der Waals surface area contributed by atoms with Gasteiger partial charge >= 0.3 is 6.09 Å². The van der Waals surface area contributed by atoms with Gasteiger partial charge in [-0.25, -0.2) is 24.3 Å². The molecule has 2 N–H and O–H groups in total. The zero-order chi connectivity index (χ0) is 23.2. The van der Waals surface area contributed by atoms with Crippen molar-refractivity contribution in [2.75, 3.05) is 0 Å². The third kappa shape index (κ3) is 3.93. The molecule has 1 unspecified atom stereocenters. The number of rotatable bonds is 3. The van der Waals surface area contributed by atoms with Crippen LogP contribution in [-0.2, 0) is 22.6 Å². The van der Waals surface area contributed by atoms with E-state index in [0.29, 0.717) is 22.6 Å². The van der Waals surface area contributed by atoms with Crippen molar-refractivity contribution in [2.45, 2.75) is 59.4 Å². The first-order valence-electron chi connectivity index (χ1n) is 10.2. The maximum Gasteiger partial charge on any atom is 0.411 e. The highest BCUT2D eigenvalue weighted by atomic mass is 16.6. The maximum atomic E-state index is 13.3. The Bertz CT molecular complexity index is 1270. The lowest BCUT2D eigenvalue weighted by Crippen LogP contribution is -2.42. The van der Waals surface area contributed by atoms with Crippen molar-refractivity contribution < 1.29 is 14.3 Å². The summed E-state index contributed by atoms with van der Waals surface area (Å²) >= 11 is 0. The van der Waals surface area contributed by atoms with Crippen molar-refractivity contribution in [3.05, 3.63) is 57.2 Å². The minimum atomic E-state index is -0.912. The molecule has 0 bridgehead atoms. The SMILES string of the molecule is Cc1nc2cc(=O)[nH]n2c(C)c1CNC(=O)C1c2cncnc2CN1C(=O)OC(C)(C)C. The van der Waals surface area contributed by atoms with Crippen LogP contribution in [-0.4, -0.2) is 47.1 Å². The summed E-state index contributed by atoms with van der Waals surface area (Å²) in [5.41, 5.74) is 2.94. The van der Waals surface area contributed by atoms with Crippen LogP contribution in [0.4, 0.5) is 4.79 Å². The summed E-state index contributed by atoms with van der Waals surface area (Å²) in [7, 11) is 0. The van der Waals surface area contributed by atoms with Crippen LogP contribution in [0.5, 0.6) is 0 Å². The Morgan fingerprint density at radius 3 is 2.78 bits per heavy atom. The number of hydrogen-bond donors (Lipinski definition) is 2. The van der Waals surface area contributed by atoms with E-state index in [9.17, 15) is 14.4 Å². The van der Waals surface area contributed by atoms with E-state index < -0.39 is 17.7 Å². The van der Waals surface area contributed by atoms with Crippen LogP contribution >= 0.6 is 0 Å². The van der Waals surface area contributed by atoms with Crippen molar-refractivity contribution in [2.24, 2.45) is 0 Å². The molecule has 168 valence electrons. The molecule has 0 aromatic carbocycles. The lowest BCUT2D eigenvalue weighted by atomic mass is 10.1. The molecule has 3 aromatic rings. The maximum absolute atomic E-state index is 13.3. The largest absolute Gasteiger partial charge is 0.444 e. The van der Waals surface area contributed by atoms with E-state index in [1.165, 1.54) is 17.3 Å². The molecule has 0 aliphatic carbocycles. The summed E-state index contributed by atoms with van der Waals surface area (Å²) in [4.78, 5) is 51.7. The third-order valence-corrected chi connectivity index (χ3v) is 5.27. The second-order valence-corrected chi connectivity index (χ2v) is 8.73. The fourth-order valence-corrected chi connectivity index (χ4v) is 3.80. The van der Waals surface area contributed by atoms with Gasteiger partial charge in [0.1, 0.15) is 18.0 Å². The first-order chi connectivity index (χ1) is 15.0. The van der Waals surface area contributed by atoms with Gasteiger partial charge in [0.05, 0.1) is 12.2 Å². The van der Waals surface area contributed by atoms with Crippen LogP contribution < -0.4 is 10.9 Å². The first-order valence-corrected chi connectivity index (χ1v) is 10.2. The normalized spacial score (nSPS) is 15.7.